The molecule has 0 amide bonds. The molecular weight excluding hydrogens is 246 g/mol. The van der Waals surface area contributed by atoms with E-state index in [1.54, 1.807) is 24.5 Å². The summed E-state index contributed by atoms with van der Waals surface area (Å²) in [7, 11) is 0. The Morgan fingerprint density at radius 2 is 2.22 bits per heavy atom. The maximum atomic E-state index is 9.07. The molecular formula is C14H12ClN3. The van der Waals surface area contributed by atoms with E-state index in [1.807, 2.05) is 25.1 Å². The molecule has 1 aromatic heterocycles. The number of halogens is 1. The molecule has 0 aliphatic heterocycles. The van der Waals surface area contributed by atoms with Gasteiger partial charge in [-0.3, -0.25) is 4.98 Å². The zero-order valence-electron chi connectivity index (χ0n) is 9.89. The van der Waals surface area contributed by atoms with Crippen LogP contribution in [0, 0.1) is 11.3 Å². The summed E-state index contributed by atoms with van der Waals surface area (Å²) in [5, 5.41) is 12.9. The van der Waals surface area contributed by atoms with Gasteiger partial charge in [0.25, 0.3) is 0 Å². The number of nitriles is 1. The van der Waals surface area contributed by atoms with Crippen LogP contribution in [-0.4, -0.2) is 4.98 Å². The monoisotopic (exact) mass is 257 g/mol. The van der Waals surface area contributed by atoms with E-state index in [-0.39, 0.29) is 6.04 Å². The Morgan fingerprint density at radius 3 is 2.89 bits per heavy atom. The van der Waals surface area contributed by atoms with Crippen molar-refractivity contribution in [3.8, 4) is 6.07 Å². The van der Waals surface area contributed by atoms with Crippen LogP contribution < -0.4 is 5.32 Å². The van der Waals surface area contributed by atoms with Crippen molar-refractivity contribution < 1.29 is 0 Å². The normalized spacial score (nSPS) is 11.6. The van der Waals surface area contributed by atoms with Crippen LogP contribution in [0.15, 0.2) is 42.7 Å². The molecule has 0 saturated heterocycles. The quantitative estimate of drug-likeness (QED) is 0.910. The fourth-order valence-electron chi connectivity index (χ4n) is 1.68. The molecule has 1 heterocycles. The molecule has 0 saturated carbocycles. The third kappa shape index (κ3) is 2.79. The Morgan fingerprint density at radius 1 is 1.39 bits per heavy atom. The number of hydrogen-bond acceptors (Lipinski definition) is 3. The molecule has 0 bridgehead atoms. The van der Waals surface area contributed by atoms with E-state index in [9.17, 15) is 0 Å². The predicted molar refractivity (Wildman–Crippen MR) is 72.4 cm³/mol. The van der Waals surface area contributed by atoms with E-state index < -0.39 is 0 Å². The highest BCUT2D eigenvalue weighted by Crippen LogP contribution is 2.24. The van der Waals surface area contributed by atoms with Gasteiger partial charge in [-0.2, -0.15) is 5.26 Å². The molecule has 1 unspecified atom stereocenters. The zero-order valence-corrected chi connectivity index (χ0v) is 10.6. The average molecular weight is 258 g/mol. The van der Waals surface area contributed by atoms with E-state index in [4.69, 9.17) is 16.9 Å². The fourth-order valence-corrected chi connectivity index (χ4v) is 1.86. The minimum Gasteiger partial charge on any atom is -0.377 e. The van der Waals surface area contributed by atoms with Gasteiger partial charge in [-0.15, -0.1) is 0 Å². The first-order valence-corrected chi connectivity index (χ1v) is 5.94. The number of anilines is 1. The lowest BCUT2D eigenvalue weighted by molar-refractivity contribution is 0.875. The second kappa shape index (κ2) is 5.52. The first-order valence-electron chi connectivity index (χ1n) is 5.57. The maximum absolute atomic E-state index is 9.07. The van der Waals surface area contributed by atoms with Crippen molar-refractivity contribution in [1.29, 1.82) is 5.26 Å². The highest BCUT2D eigenvalue weighted by atomic mass is 35.5. The molecule has 1 aromatic carbocycles. The first kappa shape index (κ1) is 12.4. The van der Waals surface area contributed by atoms with Gasteiger partial charge in [0, 0.05) is 17.4 Å². The van der Waals surface area contributed by atoms with Gasteiger partial charge in [0.2, 0.25) is 0 Å². The molecule has 0 aliphatic rings. The first-order chi connectivity index (χ1) is 8.70. The molecule has 0 aliphatic carbocycles. The molecule has 1 N–H and O–H groups in total. The summed E-state index contributed by atoms with van der Waals surface area (Å²) in [4.78, 5) is 4.08. The second-order valence-electron chi connectivity index (χ2n) is 3.95. The Balaban J connectivity index is 2.22. The molecule has 2 rings (SSSR count). The van der Waals surface area contributed by atoms with Crippen LogP contribution in [0.25, 0.3) is 0 Å². The van der Waals surface area contributed by atoms with Gasteiger partial charge in [-0.05, 0) is 36.8 Å². The number of nitrogens with one attached hydrogen (secondary N) is 1. The lowest BCUT2D eigenvalue weighted by Crippen LogP contribution is -2.07. The summed E-state index contributed by atoms with van der Waals surface area (Å²) in [6.07, 6.45) is 3.54. The SMILES string of the molecule is CC(Nc1ccc(Cl)cc1C#N)c1cccnc1. The van der Waals surface area contributed by atoms with E-state index in [2.05, 4.69) is 16.4 Å². The number of pyridine rings is 1. The molecule has 0 fully saturated rings. The van der Waals surface area contributed by atoms with Gasteiger partial charge in [0.15, 0.2) is 0 Å². The van der Waals surface area contributed by atoms with Crippen LogP contribution >= 0.6 is 11.6 Å². The Hall–Kier alpha value is -2.05. The summed E-state index contributed by atoms with van der Waals surface area (Å²) < 4.78 is 0. The van der Waals surface area contributed by atoms with Crippen LogP contribution in [0.2, 0.25) is 5.02 Å². The number of nitrogens with zero attached hydrogens (tertiary/aromatic N) is 2. The van der Waals surface area contributed by atoms with Crippen molar-refractivity contribution in [2.45, 2.75) is 13.0 Å². The Kier molecular flexibility index (Phi) is 3.81. The standard InChI is InChI=1S/C14H12ClN3/c1-10(11-3-2-6-17-9-11)18-14-5-4-13(15)7-12(14)8-16/h2-7,9-10,18H,1H3. The van der Waals surface area contributed by atoms with Crippen LogP contribution in [-0.2, 0) is 0 Å². The topological polar surface area (TPSA) is 48.7 Å². The highest BCUT2D eigenvalue weighted by molar-refractivity contribution is 6.30. The molecule has 18 heavy (non-hydrogen) atoms. The molecule has 3 nitrogen and oxygen atoms in total. The van der Waals surface area contributed by atoms with Gasteiger partial charge >= 0.3 is 0 Å². The van der Waals surface area contributed by atoms with E-state index in [0.717, 1.165) is 11.3 Å². The number of rotatable bonds is 3. The van der Waals surface area contributed by atoms with Crippen molar-refractivity contribution in [1.82, 2.24) is 4.98 Å². The summed E-state index contributed by atoms with van der Waals surface area (Å²) in [6, 6.07) is 11.3. The summed E-state index contributed by atoms with van der Waals surface area (Å²) in [5.41, 5.74) is 2.38. The number of hydrogen-bond donors (Lipinski definition) is 1. The van der Waals surface area contributed by atoms with Crippen LogP contribution in [0.1, 0.15) is 24.1 Å². The lowest BCUT2D eigenvalue weighted by atomic mass is 10.1. The zero-order chi connectivity index (χ0) is 13.0. The third-order valence-corrected chi connectivity index (χ3v) is 2.89. The van der Waals surface area contributed by atoms with E-state index in [1.165, 1.54) is 0 Å². The van der Waals surface area contributed by atoms with Crippen molar-refractivity contribution in [2.75, 3.05) is 5.32 Å². The lowest BCUT2D eigenvalue weighted by Gasteiger charge is -2.16. The average Bonchev–Trinajstić information content (AvgIpc) is 2.41. The van der Waals surface area contributed by atoms with Gasteiger partial charge in [0.1, 0.15) is 6.07 Å². The minimum absolute atomic E-state index is 0.0759. The number of benzene rings is 1. The third-order valence-electron chi connectivity index (χ3n) is 2.66. The fraction of sp³-hybridized carbons (Fsp3) is 0.143. The summed E-state index contributed by atoms with van der Waals surface area (Å²) in [5.74, 6) is 0. The molecule has 0 spiro atoms. The van der Waals surface area contributed by atoms with E-state index in [0.29, 0.717) is 10.6 Å². The molecule has 90 valence electrons. The van der Waals surface area contributed by atoms with Crippen LogP contribution in [0.4, 0.5) is 5.69 Å². The number of aromatic nitrogens is 1. The molecule has 2 aromatic rings. The highest BCUT2D eigenvalue weighted by Gasteiger charge is 2.08. The Bertz CT molecular complexity index is 575. The minimum atomic E-state index is 0.0759. The second-order valence-corrected chi connectivity index (χ2v) is 4.39. The Labute approximate surface area is 111 Å². The van der Waals surface area contributed by atoms with Gasteiger partial charge < -0.3 is 5.32 Å². The van der Waals surface area contributed by atoms with Gasteiger partial charge in [0.05, 0.1) is 17.3 Å². The van der Waals surface area contributed by atoms with Gasteiger partial charge in [-0.1, -0.05) is 17.7 Å². The largest absolute Gasteiger partial charge is 0.377 e. The molecule has 4 heteroatoms. The van der Waals surface area contributed by atoms with Crippen LogP contribution in [0.3, 0.4) is 0 Å². The summed E-state index contributed by atoms with van der Waals surface area (Å²) in [6.45, 7) is 2.02. The summed E-state index contributed by atoms with van der Waals surface area (Å²) >= 11 is 5.86. The van der Waals surface area contributed by atoms with Crippen molar-refractivity contribution in [3.63, 3.8) is 0 Å². The van der Waals surface area contributed by atoms with E-state index >= 15 is 0 Å². The van der Waals surface area contributed by atoms with Crippen molar-refractivity contribution in [2.24, 2.45) is 0 Å². The van der Waals surface area contributed by atoms with Crippen molar-refractivity contribution >= 4 is 17.3 Å². The molecule has 1 atom stereocenters. The smallest absolute Gasteiger partial charge is 0.101 e. The molecule has 0 radical (unpaired) electrons. The predicted octanol–water partition coefficient (Wildman–Crippen LogP) is 3.78. The van der Waals surface area contributed by atoms with Crippen LogP contribution in [0.5, 0.6) is 0 Å². The maximum Gasteiger partial charge on any atom is 0.101 e. The van der Waals surface area contributed by atoms with Crippen molar-refractivity contribution in [3.05, 3.63) is 58.9 Å². The van der Waals surface area contributed by atoms with Gasteiger partial charge in [-0.25, -0.2) is 0 Å².